The van der Waals surface area contributed by atoms with Gasteiger partial charge in [0.05, 0.1) is 28.7 Å². The molecule has 1 N–H and O–H groups in total. The number of anilines is 1. The summed E-state index contributed by atoms with van der Waals surface area (Å²) >= 11 is 5.61. The lowest BCUT2D eigenvalue weighted by Crippen LogP contribution is -2.47. The summed E-state index contributed by atoms with van der Waals surface area (Å²) in [5.74, 6) is -0.339. The van der Waals surface area contributed by atoms with Crippen molar-refractivity contribution in [3.05, 3.63) is 32.8 Å². The van der Waals surface area contributed by atoms with Gasteiger partial charge in [-0.3, -0.25) is 14.9 Å². The van der Waals surface area contributed by atoms with Gasteiger partial charge in [-0.25, -0.2) is 0 Å². The molecule has 0 aliphatic carbocycles. The van der Waals surface area contributed by atoms with E-state index in [1.807, 2.05) is 0 Å². The van der Waals surface area contributed by atoms with Crippen LogP contribution in [0.4, 0.5) is 24.5 Å². The predicted molar refractivity (Wildman–Crippen MR) is 83.6 cm³/mol. The monoisotopic (exact) mass is 381 g/mol. The number of morpholine rings is 1. The van der Waals surface area contributed by atoms with Crippen LogP contribution < -0.4 is 5.32 Å². The molecule has 1 amide bonds. The van der Waals surface area contributed by atoms with Crippen LogP contribution in [0.25, 0.3) is 0 Å². The zero-order valence-corrected chi connectivity index (χ0v) is 13.9. The quantitative estimate of drug-likeness (QED) is 0.640. The maximum atomic E-state index is 12.9. The predicted octanol–water partition coefficient (Wildman–Crippen LogP) is 2.93. The van der Waals surface area contributed by atoms with Crippen molar-refractivity contribution < 1.29 is 27.6 Å². The Labute approximate surface area is 145 Å². The van der Waals surface area contributed by atoms with Crippen molar-refractivity contribution in [2.24, 2.45) is 0 Å². The van der Waals surface area contributed by atoms with Crippen LogP contribution in [-0.2, 0) is 15.7 Å². The number of carbonyl (C=O) groups excluding carboxylic acids is 1. The molecule has 0 spiro atoms. The molecule has 0 aromatic heterocycles. The van der Waals surface area contributed by atoms with E-state index in [0.29, 0.717) is 32.4 Å². The van der Waals surface area contributed by atoms with E-state index in [9.17, 15) is 28.1 Å². The second-order valence-electron chi connectivity index (χ2n) is 5.41. The minimum Gasteiger partial charge on any atom is -0.378 e. The summed E-state index contributed by atoms with van der Waals surface area (Å²) in [6.45, 7) is 2.98. The number of nitro groups is 1. The molecular weight excluding hydrogens is 367 g/mol. The highest BCUT2D eigenvalue weighted by Gasteiger charge is 2.36. The van der Waals surface area contributed by atoms with E-state index in [1.54, 1.807) is 0 Å². The van der Waals surface area contributed by atoms with Crippen LogP contribution in [0.3, 0.4) is 0 Å². The summed E-state index contributed by atoms with van der Waals surface area (Å²) in [5, 5.41) is 13.0. The number of amides is 1. The average Bonchev–Trinajstić information content (AvgIpc) is 2.53. The molecule has 1 heterocycles. The topological polar surface area (TPSA) is 84.7 Å². The third-order valence-corrected chi connectivity index (χ3v) is 3.97. The molecule has 0 saturated carbocycles. The van der Waals surface area contributed by atoms with Gasteiger partial charge in [0.1, 0.15) is 11.7 Å². The van der Waals surface area contributed by atoms with Crippen molar-refractivity contribution in [1.82, 2.24) is 4.90 Å². The fourth-order valence-corrected chi connectivity index (χ4v) is 2.67. The Balaban J connectivity index is 2.27. The summed E-state index contributed by atoms with van der Waals surface area (Å²) in [4.78, 5) is 24.0. The second-order valence-corrected chi connectivity index (χ2v) is 5.81. The molecule has 1 aromatic rings. The van der Waals surface area contributed by atoms with Crippen LogP contribution in [0.5, 0.6) is 0 Å². The third kappa shape index (κ3) is 4.51. The van der Waals surface area contributed by atoms with Crippen molar-refractivity contribution in [2.75, 3.05) is 31.6 Å². The molecule has 25 heavy (non-hydrogen) atoms. The molecule has 1 saturated heterocycles. The van der Waals surface area contributed by atoms with Crippen LogP contribution in [0, 0.1) is 10.1 Å². The second kappa shape index (κ2) is 7.44. The first-order valence-corrected chi connectivity index (χ1v) is 7.67. The van der Waals surface area contributed by atoms with Gasteiger partial charge in [-0.1, -0.05) is 11.6 Å². The largest absolute Gasteiger partial charge is 0.418 e. The van der Waals surface area contributed by atoms with Gasteiger partial charge in [0.15, 0.2) is 0 Å². The molecule has 11 heteroatoms. The van der Waals surface area contributed by atoms with E-state index in [1.165, 1.54) is 11.8 Å². The zero-order valence-electron chi connectivity index (χ0n) is 13.1. The van der Waals surface area contributed by atoms with Gasteiger partial charge >= 0.3 is 6.18 Å². The van der Waals surface area contributed by atoms with Gasteiger partial charge in [0, 0.05) is 19.2 Å². The number of benzene rings is 1. The van der Waals surface area contributed by atoms with Crippen molar-refractivity contribution in [3.63, 3.8) is 0 Å². The number of hydrogen-bond acceptors (Lipinski definition) is 5. The molecule has 1 aliphatic heterocycles. The van der Waals surface area contributed by atoms with E-state index in [4.69, 9.17) is 16.3 Å². The molecule has 2 rings (SSSR count). The van der Waals surface area contributed by atoms with Crippen molar-refractivity contribution >= 4 is 28.9 Å². The van der Waals surface area contributed by atoms with Gasteiger partial charge in [-0.2, -0.15) is 13.2 Å². The molecular formula is C14H15ClF3N3O4. The first kappa shape index (κ1) is 19.3. The molecule has 1 aromatic carbocycles. The van der Waals surface area contributed by atoms with Crippen LogP contribution >= 0.6 is 11.6 Å². The number of ether oxygens (including phenoxy) is 1. The Morgan fingerprint density at radius 2 is 2.00 bits per heavy atom. The number of halogens is 4. The number of hydrogen-bond donors (Lipinski definition) is 1. The molecule has 7 nitrogen and oxygen atoms in total. The number of carbonyl (C=O) groups is 1. The van der Waals surface area contributed by atoms with Crippen molar-refractivity contribution in [3.8, 4) is 0 Å². The van der Waals surface area contributed by atoms with E-state index in [-0.39, 0.29) is 11.6 Å². The molecule has 1 fully saturated rings. The Morgan fingerprint density at radius 1 is 1.40 bits per heavy atom. The summed E-state index contributed by atoms with van der Waals surface area (Å²) < 4.78 is 43.7. The highest BCUT2D eigenvalue weighted by Crippen LogP contribution is 2.40. The van der Waals surface area contributed by atoms with Gasteiger partial charge < -0.3 is 15.0 Å². The van der Waals surface area contributed by atoms with Crippen LogP contribution in [0.15, 0.2) is 12.1 Å². The lowest BCUT2D eigenvalue weighted by atomic mass is 10.1. The lowest BCUT2D eigenvalue weighted by molar-refractivity contribution is -0.384. The van der Waals surface area contributed by atoms with Gasteiger partial charge in [-0.05, 0) is 13.0 Å². The maximum Gasteiger partial charge on any atom is 0.418 e. The first-order valence-electron chi connectivity index (χ1n) is 7.29. The number of nitrogens with zero attached hydrogens (tertiary/aromatic N) is 2. The fraction of sp³-hybridized carbons (Fsp3) is 0.500. The number of nitro benzene ring substituents is 1. The minimum atomic E-state index is -4.82. The Hall–Kier alpha value is -2.07. The van der Waals surface area contributed by atoms with Gasteiger partial charge in [0.25, 0.3) is 5.69 Å². The zero-order chi connectivity index (χ0) is 18.8. The number of alkyl halides is 3. The Morgan fingerprint density at radius 3 is 2.52 bits per heavy atom. The third-order valence-electron chi connectivity index (χ3n) is 3.65. The highest BCUT2D eigenvalue weighted by molar-refractivity contribution is 6.31. The normalized spacial score (nSPS) is 16.4. The smallest absolute Gasteiger partial charge is 0.378 e. The molecule has 0 bridgehead atoms. The summed E-state index contributed by atoms with van der Waals surface area (Å²) in [6.07, 6.45) is -4.82. The minimum absolute atomic E-state index is 0.253. The molecule has 1 atom stereocenters. The fourth-order valence-electron chi connectivity index (χ4n) is 2.40. The van der Waals surface area contributed by atoms with Crippen molar-refractivity contribution in [2.45, 2.75) is 19.1 Å². The maximum absolute atomic E-state index is 12.9. The molecule has 1 unspecified atom stereocenters. The first-order chi connectivity index (χ1) is 11.6. The molecule has 1 aliphatic rings. The van der Waals surface area contributed by atoms with E-state index in [2.05, 4.69) is 5.32 Å². The summed E-state index contributed by atoms with van der Waals surface area (Å²) in [5.41, 5.74) is -2.37. The average molecular weight is 382 g/mol. The SMILES string of the molecule is CC(Nc1cc(Cl)c(C(F)(F)F)cc1[N+](=O)[O-])C(=O)N1CCOCC1. The van der Waals surface area contributed by atoms with Gasteiger partial charge in [-0.15, -0.1) is 0 Å². The lowest BCUT2D eigenvalue weighted by Gasteiger charge is -2.29. The Kier molecular flexibility index (Phi) is 5.73. The summed E-state index contributed by atoms with van der Waals surface area (Å²) in [6, 6.07) is 0.284. The van der Waals surface area contributed by atoms with E-state index < -0.39 is 33.4 Å². The van der Waals surface area contributed by atoms with Crippen LogP contribution in [-0.4, -0.2) is 48.1 Å². The highest BCUT2D eigenvalue weighted by atomic mass is 35.5. The van der Waals surface area contributed by atoms with E-state index >= 15 is 0 Å². The van der Waals surface area contributed by atoms with Crippen molar-refractivity contribution in [1.29, 1.82) is 0 Å². The number of rotatable bonds is 4. The molecule has 0 radical (unpaired) electrons. The molecule has 138 valence electrons. The summed E-state index contributed by atoms with van der Waals surface area (Å²) in [7, 11) is 0. The van der Waals surface area contributed by atoms with E-state index in [0.717, 1.165) is 6.07 Å². The van der Waals surface area contributed by atoms with Crippen LogP contribution in [0.1, 0.15) is 12.5 Å². The van der Waals surface area contributed by atoms with Gasteiger partial charge in [0.2, 0.25) is 5.91 Å². The standard InChI is InChI=1S/C14H15ClF3N3O4/c1-8(13(22)20-2-4-25-5-3-20)19-11-7-10(15)9(14(16,17)18)6-12(11)21(23)24/h6-8,19H,2-5H2,1H3. The van der Waals surface area contributed by atoms with Crippen LogP contribution in [0.2, 0.25) is 5.02 Å². The Bertz CT molecular complexity index is 678. The number of nitrogens with one attached hydrogen (secondary N) is 1.